The second-order valence-electron chi connectivity index (χ2n) is 6.73. The number of carbonyl (C=O) groups excluding carboxylic acids is 1. The number of nitrogens with one attached hydrogen (secondary N) is 1. The molecule has 1 aromatic carbocycles. The molecule has 142 valence electrons. The van der Waals surface area contributed by atoms with Crippen LogP contribution in [0, 0.1) is 0 Å². The zero-order valence-electron chi connectivity index (χ0n) is 15.0. The standard InChI is InChI=1S/C20H22ClN3O3/c21-16-11-15(12-17-19(16)27-9-8-26-17)20(25)23-13-14-4-5-22-18(10-14)24-6-2-1-3-7-24/h4-5,10-12H,1-3,6-9,13H2,(H,23,25). The molecule has 0 bridgehead atoms. The molecule has 2 aliphatic rings. The molecule has 0 atom stereocenters. The second kappa shape index (κ2) is 8.05. The molecule has 0 spiro atoms. The quantitative estimate of drug-likeness (QED) is 0.870. The first-order valence-corrected chi connectivity index (χ1v) is 9.66. The molecule has 27 heavy (non-hydrogen) atoms. The average molecular weight is 388 g/mol. The molecule has 0 unspecified atom stereocenters. The van der Waals surface area contributed by atoms with Crippen molar-refractivity contribution in [1.29, 1.82) is 0 Å². The molecule has 4 rings (SSSR count). The summed E-state index contributed by atoms with van der Waals surface area (Å²) >= 11 is 6.22. The van der Waals surface area contributed by atoms with Crippen molar-refractivity contribution in [2.75, 3.05) is 31.2 Å². The van der Waals surface area contributed by atoms with Crippen LogP contribution in [0.3, 0.4) is 0 Å². The largest absolute Gasteiger partial charge is 0.486 e. The number of hydrogen-bond acceptors (Lipinski definition) is 5. The van der Waals surface area contributed by atoms with Gasteiger partial charge in [-0.25, -0.2) is 4.98 Å². The Hall–Kier alpha value is -2.47. The lowest BCUT2D eigenvalue weighted by atomic mass is 10.1. The summed E-state index contributed by atoms with van der Waals surface area (Å²) in [5.74, 6) is 1.78. The van der Waals surface area contributed by atoms with E-state index in [0.29, 0.717) is 41.8 Å². The van der Waals surface area contributed by atoms with Gasteiger partial charge in [0.05, 0.1) is 5.02 Å². The maximum absolute atomic E-state index is 12.6. The van der Waals surface area contributed by atoms with Crippen molar-refractivity contribution in [3.8, 4) is 11.5 Å². The molecule has 7 heteroatoms. The van der Waals surface area contributed by atoms with Gasteiger partial charge in [0.1, 0.15) is 19.0 Å². The van der Waals surface area contributed by atoms with Gasteiger partial charge in [0.25, 0.3) is 5.91 Å². The van der Waals surface area contributed by atoms with Crippen molar-refractivity contribution < 1.29 is 14.3 Å². The van der Waals surface area contributed by atoms with Gasteiger partial charge in [0.15, 0.2) is 11.5 Å². The van der Waals surface area contributed by atoms with E-state index in [-0.39, 0.29) is 5.91 Å². The number of ether oxygens (including phenoxy) is 2. The molecule has 1 amide bonds. The number of pyridine rings is 1. The van der Waals surface area contributed by atoms with Crippen LogP contribution in [0.2, 0.25) is 5.02 Å². The molecule has 6 nitrogen and oxygen atoms in total. The Morgan fingerprint density at radius 2 is 1.96 bits per heavy atom. The summed E-state index contributed by atoms with van der Waals surface area (Å²) in [7, 11) is 0. The van der Waals surface area contributed by atoms with E-state index >= 15 is 0 Å². The molecule has 0 saturated carbocycles. The third kappa shape index (κ3) is 4.11. The van der Waals surface area contributed by atoms with Crippen LogP contribution in [0.25, 0.3) is 0 Å². The first-order valence-electron chi connectivity index (χ1n) is 9.28. The van der Waals surface area contributed by atoms with Crippen LogP contribution < -0.4 is 19.7 Å². The summed E-state index contributed by atoms with van der Waals surface area (Å²) in [6, 6.07) is 7.24. The molecule has 2 aromatic rings. The number of nitrogens with zero attached hydrogens (tertiary/aromatic N) is 2. The summed E-state index contributed by atoms with van der Waals surface area (Å²) in [5, 5.41) is 3.32. The Balaban J connectivity index is 1.43. The Bertz CT molecular complexity index is 837. The average Bonchev–Trinajstić information content (AvgIpc) is 2.73. The number of anilines is 1. The summed E-state index contributed by atoms with van der Waals surface area (Å²) in [4.78, 5) is 19.3. The topological polar surface area (TPSA) is 63.7 Å². The number of carbonyl (C=O) groups is 1. The van der Waals surface area contributed by atoms with Gasteiger partial charge in [-0.05, 0) is 49.1 Å². The van der Waals surface area contributed by atoms with Crippen LogP contribution in [0.4, 0.5) is 5.82 Å². The predicted molar refractivity (Wildman–Crippen MR) is 104 cm³/mol. The Morgan fingerprint density at radius 1 is 1.15 bits per heavy atom. The van der Waals surface area contributed by atoms with Crippen molar-refractivity contribution in [2.45, 2.75) is 25.8 Å². The van der Waals surface area contributed by atoms with Crippen molar-refractivity contribution in [1.82, 2.24) is 10.3 Å². The van der Waals surface area contributed by atoms with E-state index in [1.165, 1.54) is 19.3 Å². The minimum absolute atomic E-state index is 0.204. The number of hydrogen-bond donors (Lipinski definition) is 1. The Kier molecular flexibility index (Phi) is 5.34. The SMILES string of the molecule is O=C(NCc1ccnc(N2CCCCC2)c1)c1cc(Cl)c2c(c1)OCCO2. The van der Waals surface area contributed by atoms with E-state index < -0.39 is 0 Å². The Morgan fingerprint density at radius 3 is 2.81 bits per heavy atom. The molecular weight excluding hydrogens is 366 g/mol. The molecule has 1 saturated heterocycles. The first kappa shape index (κ1) is 17.9. The van der Waals surface area contributed by atoms with E-state index in [1.54, 1.807) is 18.3 Å². The van der Waals surface area contributed by atoms with Gasteiger partial charge in [-0.15, -0.1) is 0 Å². The van der Waals surface area contributed by atoms with Crippen LogP contribution in [0.5, 0.6) is 11.5 Å². The van der Waals surface area contributed by atoms with Gasteiger partial charge < -0.3 is 19.7 Å². The highest BCUT2D eigenvalue weighted by Crippen LogP contribution is 2.38. The highest BCUT2D eigenvalue weighted by molar-refractivity contribution is 6.32. The molecule has 1 N–H and O–H groups in total. The van der Waals surface area contributed by atoms with Crippen LogP contribution in [-0.2, 0) is 6.54 Å². The third-order valence-electron chi connectivity index (χ3n) is 4.80. The number of amides is 1. The fraction of sp³-hybridized carbons (Fsp3) is 0.400. The van der Waals surface area contributed by atoms with Crippen molar-refractivity contribution >= 4 is 23.3 Å². The van der Waals surface area contributed by atoms with Crippen molar-refractivity contribution in [2.24, 2.45) is 0 Å². The van der Waals surface area contributed by atoms with Gasteiger partial charge in [-0.1, -0.05) is 11.6 Å². The van der Waals surface area contributed by atoms with Gasteiger partial charge in [-0.2, -0.15) is 0 Å². The van der Waals surface area contributed by atoms with Gasteiger partial charge in [0.2, 0.25) is 0 Å². The molecule has 3 heterocycles. The minimum Gasteiger partial charge on any atom is -0.486 e. The summed E-state index contributed by atoms with van der Waals surface area (Å²) in [6.07, 6.45) is 5.48. The number of fused-ring (bicyclic) bond motifs is 1. The Labute approximate surface area is 163 Å². The van der Waals surface area contributed by atoms with Crippen LogP contribution in [-0.4, -0.2) is 37.2 Å². The predicted octanol–water partition coefficient (Wildman–Crippen LogP) is 3.43. The number of piperidine rings is 1. The van der Waals surface area contributed by atoms with Gasteiger partial charge in [0, 0.05) is 31.4 Å². The summed E-state index contributed by atoms with van der Waals surface area (Å²) < 4.78 is 11.0. The number of aromatic nitrogens is 1. The van der Waals surface area contributed by atoms with Gasteiger partial charge >= 0.3 is 0 Å². The number of halogens is 1. The maximum atomic E-state index is 12.6. The number of benzene rings is 1. The van der Waals surface area contributed by atoms with E-state index in [9.17, 15) is 4.79 Å². The molecule has 0 radical (unpaired) electrons. The second-order valence-corrected chi connectivity index (χ2v) is 7.14. The summed E-state index contributed by atoms with van der Waals surface area (Å²) in [6.45, 7) is 3.41. The molecule has 1 aromatic heterocycles. The van der Waals surface area contributed by atoms with Crippen molar-refractivity contribution in [3.05, 3.63) is 46.6 Å². The smallest absolute Gasteiger partial charge is 0.251 e. The lowest BCUT2D eigenvalue weighted by Crippen LogP contribution is -2.30. The monoisotopic (exact) mass is 387 g/mol. The highest BCUT2D eigenvalue weighted by Gasteiger charge is 2.19. The van der Waals surface area contributed by atoms with Gasteiger partial charge in [-0.3, -0.25) is 4.79 Å². The maximum Gasteiger partial charge on any atom is 0.251 e. The van der Waals surface area contributed by atoms with Crippen molar-refractivity contribution in [3.63, 3.8) is 0 Å². The van der Waals surface area contributed by atoms with Crippen LogP contribution >= 0.6 is 11.6 Å². The fourth-order valence-electron chi connectivity index (χ4n) is 3.39. The number of rotatable bonds is 4. The lowest BCUT2D eigenvalue weighted by molar-refractivity contribution is 0.0949. The van der Waals surface area contributed by atoms with E-state index in [2.05, 4.69) is 15.2 Å². The third-order valence-corrected chi connectivity index (χ3v) is 5.08. The molecular formula is C20H22ClN3O3. The zero-order chi connectivity index (χ0) is 18.6. The van der Waals surface area contributed by atoms with Crippen LogP contribution in [0.15, 0.2) is 30.5 Å². The highest BCUT2D eigenvalue weighted by atomic mass is 35.5. The molecule has 2 aliphatic heterocycles. The molecule has 1 fully saturated rings. The van der Waals surface area contributed by atoms with E-state index in [4.69, 9.17) is 21.1 Å². The lowest BCUT2D eigenvalue weighted by Gasteiger charge is -2.27. The first-order chi connectivity index (χ1) is 13.2. The van der Waals surface area contributed by atoms with E-state index in [0.717, 1.165) is 24.5 Å². The zero-order valence-corrected chi connectivity index (χ0v) is 15.8. The summed E-state index contributed by atoms with van der Waals surface area (Å²) in [5.41, 5.74) is 1.47. The van der Waals surface area contributed by atoms with Crippen LogP contribution in [0.1, 0.15) is 35.2 Å². The van der Waals surface area contributed by atoms with E-state index in [1.807, 2.05) is 12.1 Å². The minimum atomic E-state index is -0.204. The normalized spacial score (nSPS) is 16.1. The molecule has 0 aliphatic carbocycles. The fourth-order valence-corrected chi connectivity index (χ4v) is 3.66.